The molecule has 4 aromatic carbocycles. The summed E-state index contributed by atoms with van der Waals surface area (Å²) in [7, 11) is 5.68. The summed E-state index contributed by atoms with van der Waals surface area (Å²) in [5.41, 5.74) is -2.15. The number of hydrogen-bond donors (Lipinski definition) is 0. The molecule has 0 N–H and O–H groups in total. The van der Waals surface area contributed by atoms with Gasteiger partial charge in [-0.2, -0.15) is 10.5 Å². The second kappa shape index (κ2) is 18.5. The Labute approximate surface area is 359 Å². The molecule has 0 saturated carbocycles. The van der Waals surface area contributed by atoms with Gasteiger partial charge >= 0.3 is 11.9 Å². The highest BCUT2D eigenvalue weighted by atomic mass is 16.5. The summed E-state index contributed by atoms with van der Waals surface area (Å²) in [5.74, 6) is -8.33. The Balaban J connectivity index is 1.10. The molecule has 0 bridgehead atoms. The third-order valence-corrected chi connectivity index (χ3v) is 10.6. The zero-order valence-electron chi connectivity index (χ0n) is 34.1. The number of rotatable bonds is 16. The summed E-state index contributed by atoms with van der Waals surface area (Å²) in [5, 5.41) is 20.9. The number of Topliss-reactive ketones (excluding diaryl/α,β-unsaturated/α-hetero) is 2. The maximum Gasteiger partial charge on any atom is 0.338 e. The Bertz CT molecular complexity index is 2450. The van der Waals surface area contributed by atoms with Crippen molar-refractivity contribution in [2.24, 2.45) is 17.3 Å². The summed E-state index contributed by atoms with van der Waals surface area (Å²) < 4.78 is 31.1. The number of ether oxygens (including phenoxy) is 6. The number of carbonyl (C=O) groups is 8. The molecule has 4 aromatic rings. The van der Waals surface area contributed by atoms with Crippen molar-refractivity contribution < 1.29 is 66.8 Å². The van der Waals surface area contributed by atoms with Crippen LogP contribution in [0.1, 0.15) is 54.3 Å². The molecule has 18 heteroatoms. The van der Waals surface area contributed by atoms with Crippen molar-refractivity contribution in [3.05, 3.63) is 107 Å². The molecule has 2 atom stereocenters. The molecule has 4 amide bonds. The molecule has 2 aliphatic heterocycles. The summed E-state index contributed by atoms with van der Waals surface area (Å²) in [6.45, 7) is -1.23. The molecule has 320 valence electrons. The van der Waals surface area contributed by atoms with Gasteiger partial charge in [0.1, 0.15) is 0 Å². The number of esters is 2. The SMILES string of the molecule is COc1ccc(C(=O)COC(=O)c2ccc(N3C(=O)CC(C(C#N)(C#N)C4CC(=O)N(c5ccc(C(=O)OCC(=O)c6ccc(OC)c(OC)c6)cc5)C4=O)C3=O)cc2)cc1OC. The summed E-state index contributed by atoms with van der Waals surface area (Å²) in [6, 6.07) is 22.4. The number of ketones is 2. The van der Waals surface area contributed by atoms with Gasteiger partial charge in [-0.3, -0.25) is 38.6 Å². The molecule has 2 unspecified atom stereocenters. The van der Waals surface area contributed by atoms with Crippen molar-refractivity contribution >= 4 is 58.5 Å². The van der Waals surface area contributed by atoms with Gasteiger partial charge in [-0.25, -0.2) is 9.59 Å². The molecular weight excluding hydrogens is 821 g/mol. The molecule has 2 heterocycles. The van der Waals surface area contributed by atoms with Crippen molar-refractivity contribution in [2.45, 2.75) is 12.8 Å². The van der Waals surface area contributed by atoms with E-state index in [4.69, 9.17) is 28.4 Å². The molecular formula is C45H36N4O14. The van der Waals surface area contributed by atoms with Crippen LogP contribution in [0.2, 0.25) is 0 Å². The standard InChI is InChI=1S/C45H36N4O14/c1-58-35-15-9-27(17-37(35)60-3)33(50)21-62-43(56)25-5-11-29(12-6-25)48-39(52)19-31(41(48)54)45(23-46,24-47)32-20-40(53)49(42(32)55)30-13-7-26(8-14-30)44(57)63-22-34(51)28-10-16-36(59-2)38(18-28)61-4/h5-18,31-32H,19-22H2,1-4H3. The zero-order chi connectivity index (χ0) is 45.6. The first-order valence-electron chi connectivity index (χ1n) is 18.9. The van der Waals surface area contributed by atoms with E-state index in [9.17, 15) is 48.9 Å². The molecule has 2 fully saturated rings. The Kier molecular flexibility index (Phi) is 13.0. The van der Waals surface area contributed by atoms with Gasteiger partial charge in [0.05, 0.1) is 74.9 Å². The van der Waals surface area contributed by atoms with Crippen LogP contribution < -0.4 is 28.7 Å². The highest BCUT2D eigenvalue weighted by molar-refractivity contribution is 6.24. The molecule has 2 saturated heterocycles. The van der Waals surface area contributed by atoms with Crippen LogP contribution in [0.15, 0.2) is 84.9 Å². The number of nitriles is 2. The molecule has 6 rings (SSSR count). The van der Waals surface area contributed by atoms with Gasteiger partial charge in [-0.05, 0) is 84.9 Å². The number of amides is 4. The second-order valence-electron chi connectivity index (χ2n) is 14.0. The smallest absolute Gasteiger partial charge is 0.338 e. The van der Waals surface area contributed by atoms with Crippen LogP contribution in [0.3, 0.4) is 0 Å². The van der Waals surface area contributed by atoms with E-state index in [1.807, 2.05) is 0 Å². The minimum Gasteiger partial charge on any atom is -0.493 e. The first kappa shape index (κ1) is 44.2. The Morgan fingerprint density at radius 2 is 0.873 bits per heavy atom. The lowest BCUT2D eigenvalue weighted by atomic mass is 9.67. The van der Waals surface area contributed by atoms with Crippen molar-refractivity contribution in [3.63, 3.8) is 0 Å². The highest BCUT2D eigenvalue weighted by Gasteiger charge is 2.62. The van der Waals surface area contributed by atoms with Gasteiger partial charge < -0.3 is 28.4 Å². The van der Waals surface area contributed by atoms with Crippen LogP contribution in [0, 0.1) is 39.9 Å². The normalized spacial score (nSPS) is 15.9. The quantitative estimate of drug-likeness (QED) is 0.0866. The number of hydrogen-bond acceptors (Lipinski definition) is 16. The molecule has 0 aromatic heterocycles. The highest BCUT2D eigenvalue weighted by Crippen LogP contribution is 2.47. The Morgan fingerprint density at radius 1 is 0.540 bits per heavy atom. The van der Waals surface area contributed by atoms with E-state index in [1.54, 1.807) is 12.1 Å². The number of imide groups is 2. The summed E-state index contributed by atoms with van der Waals surface area (Å²) >= 11 is 0. The van der Waals surface area contributed by atoms with Crippen LogP contribution in [-0.2, 0) is 28.7 Å². The first-order chi connectivity index (χ1) is 30.2. The van der Waals surface area contributed by atoms with Gasteiger partial charge in [0.15, 0.2) is 53.2 Å². The van der Waals surface area contributed by atoms with Gasteiger partial charge in [0.2, 0.25) is 23.6 Å². The van der Waals surface area contributed by atoms with Gasteiger partial charge in [0, 0.05) is 24.0 Å². The molecule has 18 nitrogen and oxygen atoms in total. The summed E-state index contributed by atoms with van der Waals surface area (Å²) in [6.07, 6.45) is -1.30. The fraction of sp³-hybridized carbons (Fsp3) is 0.244. The van der Waals surface area contributed by atoms with Crippen LogP contribution in [0.5, 0.6) is 23.0 Å². The minimum absolute atomic E-state index is 0.0189. The molecule has 2 aliphatic rings. The average Bonchev–Trinajstić information content (AvgIpc) is 3.79. The molecule has 0 spiro atoms. The number of nitrogens with zero attached hydrogens (tertiary/aromatic N) is 4. The van der Waals surface area contributed by atoms with Crippen molar-refractivity contribution in [1.29, 1.82) is 10.5 Å². The number of anilines is 2. The second-order valence-corrected chi connectivity index (χ2v) is 14.0. The fourth-order valence-electron chi connectivity index (χ4n) is 7.21. The lowest BCUT2D eigenvalue weighted by molar-refractivity contribution is -0.126. The lowest BCUT2D eigenvalue weighted by Gasteiger charge is -2.28. The van der Waals surface area contributed by atoms with Crippen molar-refractivity contribution in [3.8, 4) is 35.1 Å². The first-order valence-corrected chi connectivity index (χ1v) is 18.9. The van der Waals surface area contributed by atoms with Crippen LogP contribution >= 0.6 is 0 Å². The van der Waals surface area contributed by atoms with Gasteiger partial charge in [-0.15, -0.1) is 0 Å². The van der Waals surface area contributed by atoms with Crippen LogP contribution in [-0.4, -0.2) is 88.8 Å². The predicted octanol–water partition coefficient (Wildman–Crippen LogP) is 4.29. The third kappa shape index (κ3) is 8.50. The molecule has 63 heavy (non-hydrogen) atoms. The average molecular weight is 857 g/mol. The monoisotopic (exact) mass is 856 g/mol. The third-order valence-electron chi connectivity index (χ3n) is 10.6. The Morgan fingerprint density at radius 3 is 1.19 bits per heavy atom. The van der Waals surface area contributed by atoms with E-state index in [0.29, 0.717) is 23.0 Å². The van der Waals surface area contributed by atoms with E-state index in [2.05, 4.69) is 0 Å². The fourth-order valence-corrected chi connectivity index (χ4v) is 7.21. The van der Waals surface area contributed by atoms with Crippen LogP contribution in [0.25, 0.3) is 0 Å². The van der Waals surface area contributed by atoms with E-state index in [1.165, 1.54) is 113 Å². The van der Waals surface area contributed by atoms with E-state index in [-0.39, 0.29) is 33.6 Å². The van der Waals surface area contributed by atoms with E-state index in [0.717, 1.165) is 9.80 Å². The van der Waals surface area contributed by atoms with Crippen molar-refractivity contribution in [1.82, 2.24) is 0 Å². The zero-order valence-corrected chi connectivity index (χ0v) is 34.1. The van der Waals surface area contributed by atoms with Gasteiger partial charge in [-0.1, -0.05) is 0 Å². The molecule has 0 radical (unpaired) electrons. The van der Waals surface area contributed by atoms with E-state index < -0.39 is 90.4 Å². The topological polar surface area (TPSA) is 246 Å². The molecule has 0 aliphatic carbocycles. The number of carbonyl (C=O) groups excluding carboxylic acids is 8. The van der Waals surface area contributed by atoms with Crippen molar-refractivity contribution in [2.75, 3.05) is 51.5 Å². The predicted molar refractivity (Wildman–Crippen MR) is 216 cm³/mol. The largest absolute Gasteiger partial charge is 0.493 e. The number of methoxy groups -OCH3 is 4. The maximum atomic E-state index is 13.9. The minimum atomic E-state index is -2.46. The van der Waals surface area contributed by atoms with Gasteiger partial charge in [0.25, 0.3) is 0 Å². The number of benzene rings is 4. The van der Waals surface area contributed by atoms with E-state index >= 15 is 0 Å². The summed E-state index contributed by atoms with van der Waals surface area (Å²) in [4.78, 5) is 107. The van der Waals surface area contributed by atoms with Crippen LogP contribution in [0.4, 0.5) is 11.4 Å². The lowest BCUT2D eigenvalue weighted by Crippen LogP contribution is -2.44. The Hall–Kier alpha value is -8.38. The maximum absolute atomic E-state index is 13.9.